The first kappa shape index (κ1) is 18.5. The normalized spacial score (nSPS) is 11.3. The summed E-state index contributed by atoms with van der Waals surface area (Å²) in [4.78, 5) is 12.1. The summed E-state index contributed by atoms with van der Waals surface area (Å²) in [6.07, 6.45) is 3.39. The number of H-pyrrole nitrogens is 1. The van der Waals surface area contributed by atoms with Gasteiger partial charge in [-0.15, -0.1) is 0 Å². The van der Waals surface area contributed by atoms with Gasteiger partial charge in [-0.05, 0) is 34.8 Å². The van der Waals surface area contributed by atoms with Gasteiger partial charge in [0.2, 0.25) is 0 Å². The van der Waals surface area contributed by atoms with E-state index >= 15 is 0 Å². The molecule has 0 aliphatic carbocycles. The van der Waals surface area contributed by atoms with Gasteiger partial charge in [0.25, 0.3) is 0 Å². The molecular formula is C19H21BrN6O2. The Morgan fingerprint density at radius 1 is 1.18 bits per heavy atom. The van der Waals surface area contributed by atoms with E-state index in [0.717, 1.165) is 68.9 Å². The number of fused-ring (bicyclic) bond motifs is 2. The number of aromatic nitrogens is 5. The molecule has 3 heterocycles. The maximum absolute atomic E-state index is 5.48. The highest BCUT2D eigenvalue weighted by atomic mass is 79.9. The van der Waals surface area contributed by atoms with Crippen molar-refractivity contribution in [2.24, 2.45) is 7.05 Å². The van der Waals surface area contributed by atoms with Gasteiger partial charge in [0, 0.05) is 36.8 Å². The van der Waals surface area contributed by atoms with E-state index < -0.39 is 0 Å². The number of ether oxygens (including phenoxy) is 2. The number of hydrogen-bond donors (Lipinski definition) is 2. The molecule has 8 nitrogen and oxygen atoms in total. The van der Waals surface area contributed by atoms with E-state index in [-0.39, 0.29) is 0 Å². The summed E-state index contributed by atoms with van der Waals surface area (Å²) < 4.78 is 13.3. The van der Waals surface area contributed by atoms with Crippen LogP contribution in [0.5, 0.6) is 11.5 Å². The van der Waals surface area contributed by atoms with Crippen molar-refractivity contribution in [1.29, 1.82) is 0 Å². The summed E-state index contributed by atoms with van der Waals surface area (Å²) in [6, 6.07) is 6.01. The Morgan fingerprint density at radius 2 is 2.04 bits per heavy atom. The zero-order chi connectivity index (χ0) is 19.7. The fourth-order valence-corrected chi connectivity index (χ4v) is 3.92. The minimum Gasteiger partial charge on any atom is -0.497 e. The van der Waals surface area contributed by atoms with Crippen LogP contribution >= 0.6 is 15.9 Å². The molecule has 0 fully saturated rings. The van der Waals surface area contributed by atoms with Crippen LogP contribution in [0.25, 0.3) is 21.9 Å². The van der Waals surface area contributed by atoms with Gasteiger partial charge in [0.15, 0.2) is 5.65 Å². The highest BCUT2D eigenvalue weighted by molar-refractivity contribution is 9.10. The van der Waals surface area contributed by atoms with Gasteiger partial charge in [0.1, 0.15) is 28.2 Å². The molecule has 1 aromatic carbocycles. The van der Waals surface area contributed by atoms with Gasteiger partial charge in [-0.3, -0.25) is 0 Å². The number of halogens is 1. The van der Waals surface area contributed by atoms with E-state index in [9.17, 15) is 0 Å². The number of benzene rings is 1. The first-order valence-electron chi connectivity index (χ1n) is 8.91. The maximum atomic E-state index is 5.48. The molecule has 0 radical (unpaired) electrons. The predicted octanol–water partition coefficient (Wildman–Crippen LogP) is 3.67. The summed E-state index contributed by atoms with van der Waals surface area (Å²) in [6.45, 7) is 0.781. The van der Waals surface area contributed by atoms with Crippen LogP contribution < -0.4 is 14.8 Å². The second kappa shape index (κ2) is 7.67. The van der Waals surface area contributed by atoms with Gasteiger partial charge in [-0.2, -0.15) is 5.10 Å². The molecule has 0 aliphatic heterocycles. The summed E-state index contributed by atoms with van der Waals surface area (Å²) in [7, 11) is 5.19. The summed E-state index contributed by atoms with van der Waals surface area (Å²) in [5, 5.41) is 9.69. The van der Waals surface area contributed by atoms with Crippen molar-refractivity contribution in [2.45, 2.75) is 12.8 Å². The van der Waals surface area contributed by atoms with E-state index in [1.54, 1.807) is 25.2 Å². The molecule has 0 amide bonds. The molecule has 2 N–H and O–H groups in total. The first-order valence-corrected chi connectivity index (χ1v) is 9.70. The van der Waals surface area contributed by atoms with Crippen LogP contribution in [0.3, 0.4) is 0 Å². The number of aryl methyl sites for hydroxylation is 2. The fourth-order valence-electron chi connectivity index (χ4n) is 3.32. The van der Waals surface area contributed by atoms with Crippen LogP contribution in [0, 0.1) is 0 Å². The molecule has 146 valence electrons. The largest absolute Gasteiger partial charge is 0.497 e. The van der Waals surface area contributed by atoms with E-state index in [2.05, 4.69) is 47.4 Å². The van der Waals surface area contributed by atoms with Crippen molar-refractivity contribution in [3.63, 3.8) is 0 Å². The minimum absolute atomic E-state index is 0.741. The van der Waals surface area contributed by atoms with Gasteiger partial charge in [0.05, 0.1) is 25.1 Å². The number of nitrogens with one attached hydrogen (secondary N) is 2. The van der Waals surface area contributed by atoms with Crippen molar-refractivity contribution >= 4 is 43.7 Å². The molecular weight excluding hydrogens is 424 g/mol. The average Bonchev–Trinajstić information content (AvgIpc) is 3.25. The van der Waals surface area contributed by atoms with Gasteiger partial charge >= 0.3 is 0 Å². The summed E-state index contributed by atoms with van der Waals surface area (Å²) >= 11 is 3.48. The number of hydrogen-bond acceptors (Lipinski definition) is 6. The number of methoxy groups -OCH3 is 2. The lowest BCUT2D eigenvalue weighted by Gasteiger charge is -2.06. The molecule has 9 heteroatoms. The monoisotopic (exact) mass is 444 g/mol. The Morgan fingerprint density at radius 3 is 2.82 bits per heavy atom. The number of aromatic amines is 1. The molecule has 0 saturated heterocycles. The summed E-state index contributed by atoms with van der Waals surface area (Å²) in [5.74, 6) is 2.36. The SMILES string of the molecule is COc1cc(OC)c2cc(CCCNc3ncnc4c3c(Br)nn4C)[nH]c2c1. The predicted molar refractivity (Wildman–Crippen MR) is 112 cm³/mol. The van der Waals surface area contributed by atoms with Crippen molar-refractivity contribution in [2.75, 3.05) is 26.1 Å². The van der Waals surface area contributed by atoms with E-state index in [1.807, 2.05) is 19.2 Å². The van der Waals surface area contributed by atoms with Gasteiger partial charge in [-0.1, -0.05) is 0 Å². The van der Waals surface area contributed by atoms with Crippen LogP contribution in [-0.4, -0.2) is 45.5 Å². The molecule has 0 atom stereocenters. The molecule has 0 spiro atoms. The smallest absolute Gasteiger partial charge is 0.164 e. The average molecular weight is 445 g/mol. The number of anilines is 1. The zero-order valence-corrected chi connectivity index (χ0v) is 17.5. The molecule has 4 rings (SSSR count). The third kappa shape index (κ3) is 3.37. The lowest BCUT2D eigenvalue weighted by atomic mass is 10.2. The molecule has 4 aromatic rings. The number of nitrogens with zero attached hydrogens (tertiary/aromatic N) is 4. The van der Waals surface area contributed by atoms with Crippen molar-refractivity contribution in [1.82, 2.24) is 24.7 Å². The van der Waals surface area contributed by atoms with Crippen molar-refractivity contribution in [3.8, 4) is 11.5 Å². The quantitative estimate of drug-likeness (QED) is 0.422. The molecule has 0 saturated carbocycles. The second-order valence-corrected chi connectivity index (χ2v) is 7.20. The Balaban J connectivity index is 1.45. The van der Waals surface area contributed by atoms with E-state index in [4.69, 9.17) is 9.47 Å². The Kier molecular flexibility index (Phi) is 5.08. The molecule has 3 aromatic heterocycles. The summed E-state index contributed by atoms with van der Waals surface area (Å²) in [5.41, 5.74) is 2.95. The van der Waals surface area contributed by atoms with Crippen LogP contribution in [0.15, 0.2) is 29.1 Å². The molecule has 28 heavy (non-hydrogen) atoms. The topological polar surface area (TPSA) is 89.9 Å². The Hall–Kier alpha value is -2.81. The van der Waals surface area contributed by atoms with Gasteiger partial charge in [-0.25, -0.2) is 14.6 Å². The maximum Gasteiger partial charge on any atom is 0.164 e. The Bertz CT molecular complexity index is 1140. The van der Waals surface area contributed by atoms with E-state index in [1.165, 1.54) is 0 Å². The second-order valence-electron chi connectivity index (χ2n) is 6.45. The zero-order valence-electron chi connectivity index (χ0n) is 15.9. The Labute approximate surface area is 170 Å². The van der Waals surface area contributed by atoms with Crippen molar-refractivity contribution < 1.29 is 9.47 Å². The van der Waals surface area contributed by atoms with Gasteiger partial charge < -0.3 is 19.8 Å². The first-order chi connectivity index (χ1) is 13.6. The fraction of sp³-hybridized carbons (Fsp3) is 0.316. The minimum atomic E-state index is 0.741. The lowest BCUT2D eigenvalue weighted by molar-refractivity contribution is 0.398. The standard InChI is InChI=1S/C19H21BrN6O2/c1-26-19-16(17(20)25-26)18(22-10-23-19)21-6-4-5-11-7-13-14(24-11)8-12(27-2)9-15(13)28-3/h7-10,24H,4-6H2,1-3H3,(H,21,22,23). The van der Waals surface area contributed by atoms with Crippen LogP contribution in [-0.2, 0) is 13.5 Å². The lowest BCUT2D eigenvalue weighted by Crippen LogP contribution is -2.05. The third-order valence-corrected chi connectivity index (χ3v) is 5.23. The highest BCUT2D eigenvalue weighted by Crippen LogP contribution is 2.32. The van der Waals surface area contributed by atoms with Crippen LogP contribution in [0.4, 0.5) is 5.82 Å². The molecule has 0 unspecified atom stereocenters. The van der Waals surface area contributed by atoms with Crippen LogP contribution in [0.1, 0.15) is 12.1 Å². The third-order valence-electron chi connectivity index (χ3n) is 4.68. The molecule has 0 bridgehead atoms. The molecule has 0 aliphatic rings. The highest BCUT2D eigenvalue weighted by Gasteiger charge is 2.13. The number of rotatable bonds is 7. The van der Waals surface area contributed by atoms with E-state index in [0.29, 0.717) is 0 Å². The van der Waals surface area contributed by atoms with Crippen molar-refractivity contribution in [3.05, 3.63) is 34.8 Å². The van der Waals surface area contributed by atoms with Crippen LogP contribution in [0.2, 0.25) is 0 Å².